The summed E-state index contributed by atoms with van der Waals surface area (Å²) in [5.74, 6) is 1.07. The highest BCUT2D eigenvalue weighted by Gasteiger charge is 2.42. The number of benzene rings is 2. The molecule has 0 spiro atoms. The maximum absolute atomic E-state index is 6.35. The third kappa shape index (κ3) is 2.64. The van der Waals surface area contributed by atoms with Crippen molar-refractivity contribution in [2.24, 2.45) is 11.7 Å². The van der Waals surface area contributed by atoms with Crippen molar-refractivity contribution in [1.29, 1.82) is 0 Å². The third-order valence-electron chi connectivity index (χ3n) is 3.86. The summed E-state index contributed by atoms with van der Waals surface area (Å²) in [6, 6.07) is 16.2. The highest BCUT2D eigenvalue weighted by molar-refractivity contribution is 6.42. The van der Waals surface area contributed by atoms with Crippen LogP contribution in [0, 0.1) is 5.92 Å². The Kier molecular flexibility index (Phi) is 3.53. The zero-order valence-electron chi connectivity index (χ0n) is 10.4. The summed E-state index contributed by atoms with van der Waals surface area (Å²) in [5.41, 5.74) is 8.79. The molecule has 98 valence electrons. The molecule has 2 aromatic rings. The van der Waals surface area contributed by atoms with E-state index in [-0.39, 0.29) is 6.04 Å². The summed E-state index contributed by atoms with van der Waals surface area (Å²) in [7, 11) is 0. The molecule has 0 bridgehead atoms. The van der Waals surface area contributed by atoms with Crippen LogP contribution in [0.4, 0.5) is 0 Å². The van der Waals surface area contributed by atoms with Gasteiger partial charge in [0.2, 0.25) is 0 Å². The lowest BCUT2D eigenvalue weighted by Crippen LogP contribution is -2.13. The number of rotatable bonds is 3. The van der Waals surface area contributed by atoms with Gasteiger partial charge in [-0.15, -0.1) is 0 Å². The monoisotopic (exact) mass is 291 g/mol. The van der Waals surface area contributed by atoms with Gasteiger partial charge >= 0.3 is 0 Å². The van der Waals surface area contributed by atoms with Crippen LogP contribution in [-0.2, 0) is 0 Å². The largest absolute Gasteiger partial charge is 0.324 e. The van der Waals surface area contributed by atoms with E-state index >= 15 is 0 Å². The SMILES string of the molecule is NC(c1ccc(Cl)c(Cl)c1)C1CC1c1ccccc1. The van der Waals surface area contributed by atoms with E-state index in [0.717, 1.165) is 12.0 Å². The molecule has 3 heteroatoms. The van der Waals surface area contributed by atoms with Gasteiger partial charge in [-0.05, 0) is 41.5 Å². The van der Waals surface area contributed by atoms with Gasteiger partial charge in [0, 0.05) is 6.04 Å². The van der Waals surface area contributed by atoms with Gasteiger partial charge in [0.1, 0.15) is 0 Å². The predicted octanol–water partition coefficient (Wildman–Crippen LogP) is 4.80. The fourth-order valence-electron chi connectivity index (χ4n) is 2.66. The van der Waals surface area contributed by atoms with Crippen molar-refractivity contribution < 1.29 is 0 Å². The van der Waals surface area contributed by atoms with Crippen LogP contribution < -0.4 is 5.73 Å². The Balaban J connectivity index is 1.76. The Morgan fingerprint density at radius 1 is 1.00 bits per heavy atom. The third-order valence-corrected chi connectivity index (χ3v) is 4.60. The molecule has 1 nitrogen and oxygen atoms in total. The van der Waals surface area contributed by atoms with Crippen molar-refractivity contribution >= 4 is 23.2 Å². The van der Waals surface area contributed by atoms with Crippen molar-refractivity contribution in [3.05, 3.63) is 69.7 Å². The van der Waals surface area contributed by atoms with Crippen LogP contribution in [0.3, 0.4) is 0 Å². The van der Waals surface area contributed by atoms with E-state index in [9.17, 15) is 0 Å². The van der Waals surface area contributed by atoms with Crippen LogP contribution in [0.2, 0.25) is 10.0 Å². The molecule has 0 amide bonds. The molecule has 1 aliphatic carbocycles. The van der Waals surface area contributed by atoms with Crippen LogP contribution >= 0.6 is 23.2 Å². The lowest BCUT2D eigenvalue weighted by Gasteiger charge is -2.13. The van der Waals surface area contributed by atoms with Gasteiger partial charge in [0.15, 0.2) is 0 Å². The van der Waals surface area contributed by atoms with Gasteiger partial charge < -0.3 is 5.73 Å². The molecule has 3 rings (SSSR count). The van der Waals surface area contributed by atoms with E-state index in [1.807, 2.05) is 24.3 Å². The second kappa shape index (κ2) is 5.16. The van der Waals surface area contributed by atoms with Gasteiger partial charge in [-0.3, -0.25) is 0 Å². The molecule has 0 aromatic heterocycles. The first-order valence-electron chi connectivity index (χ1n) is 6.42. The molecular weight excluding hydrogens is 277 g/mol. The highest BCUT2D eigenvalue weighted by Crippen LogP contribution is 2.53. The molecule has 3 unspecified atom stereocenters. The Hall–Kier alpha value is -1.02. The molecular formula is C16H15Cl2N. The normalized spacial score (nSPS) is 23.1. The highest BCUT2D eigenvalue weighted by atomic mass is 35.5. The predicted molar refractivity (Wildman–Crippen MR) is 80.7 cm³/mol. The number of hydrogen-bond acceptors (Lipinski definition) is 1. The first kappa shape index (κ1) is 13.0. The second-order valence-electron chi connectivity index (χ2n) is 5.12. The van der Waals surface area contributed by atoms with E-state index in [1.165, 1.54) is 5.56 Å². The molecule has 0 aliphatic heterocycles. The fourth-order valence-corrected chi connectivity index (χ4v) is 2.97. The van der Waals surface area contributed by atoms with E-state index in [1.54, 1.807) is 0 Å². The average Bonchev–Trinajstić information content (AvgIpc) is 3.22. The zero-order valence-corrected chi connectivity index (χ0v) is 11.9. The molecule has 0 saturated heterocycles. The standard InChI is InChI=1S/C16H15Cl2N/c17-14-7-6-11(8-15(14)18)16(19)13-9-12(13)10-4-2-1-3-5-10/h1-8,12-13,16H,9,19H2. The quantitative estimate of drug-likeness (QED) is 0.864. The van der Waals surface area contributed by atoms with E-state index in [4.69, 9.17) is 28.9 Å². The Labute approximate surface area is 123 Å². The molecule has 1 fully saturated rings. The molecule has 0 radical (unpaired) electrons. The average molecular weight is 292 g/mol. The summed E-state index contributed by atoms with van der Waals surface area (Å²) in [5, 5.41) is 1.15. The van der Waals surface area contributed by atoms with Crippen molar-refractivity contribution in [2.45, 2.75) is 18.4 Å². The minimum absolute atomic E-state index is 0.0278. The molecule has 1 aliphatic rings. The summed E-state index contributed by atoms with van der Waals surface area (Å²) in [4.78, 5) is 0. The maximum Gasteiger partial charge on any atom is 0.0595 e. The van der Waals surface area contributed by atoms with Gasteiger partial charge in [-0.1, -0.05) is 59.6 Å². The number of nitrogens with two attached hydrogens (primary N) is 1. The minimum atomic E-state index is 0.0278. The number of halogens is 2. The smallest absolute Gasteiger partial charge is 0.0595 e. The van der Waals surface area contributed by atoms with Crippen molar-refractivity contribution in [3.8, 4) is 0 Å². The topological polar surface area (TPSA) is 26.0 Å². The second-order valence-corrected chi connectivity index (χ2v) is 5.93. The van der Waals surface area contributed by atoms with E-state index < -0.39 is 0 Å². The summed E-state index contributed by atoms with van der Waals surface area (Å²) < 4.78 is 0. The van der Waals surface area contributed by atoms with Crippen LogP contribution in [0.1, 0.15) is 29.5 Å². The lowest BCUT2D eigenvalue weighted by atomic mass is 10.00. The first-order valence-corrected chi connectivity index (χ1v) is 7.18. The molecule has 1 saturated carbocycles. The van der Waals surface area contributed by atoms with Gasteiger partial charge in [0.25, 0.3) is 0 Å². The van der Waals surface area contributed by atoms with Crippen molar-refractivity contribution in [2.75, 3.05) is 0 Å². The van der Waals surface area contributed by atoms with Gasteiger partial charge in [-0.2, -0.15) is 0 Å². The van der Waals surface area contributed by atoms with Gasteiger partial charge in [-0.25, -0.2) is 0 Å². The van der Waals surface area contributed by atoms with Crippen molar-refractivity contribution in [3.63, 3.8) is 0 Å². The maximum atomic E-state index is 6.35. The van der Waals surface area contributed by atoms with Crippen LogP contribution in [0.5, 0.6) is 0 Å². The Morgan fingerprint density at radius 2 is 1.74 bits per heavy atom. The molecule has 3 atom stereocenters. The van der Waals surface area contributed by atoms with Crippen molar-refractivity contribution in [1.82, 2.24) is 0 Å². The van der Waals surface area contributed by atoms with Crippen LogP contribution in [-0.4, -0.2) is 0 Å². The fraction of sp³-hybridized carbons (Fsp3) is 0.250. The van der Waals surface area contributed by atoms with E-state index in [0.29, 0.717) is 21.9 Å². The molecule has 2 aromatic carbocycles. The van der Waals surface area contributed by atoms with Crippen LogP contribution in [0.15, 0.2) is 48.5 Å². The minimum Gasteiger partial charge on any atom is -0.324 e. The molecule has 19 heavy (non-hydrogen) atoms. The molecule has 0 heterocycles. The zero-order chi connectivity index (χ0) is 13.4. The first-order chi connectivity index (χ1) is 9.16. The Bertz CT molecular complexity index is 583. The van der Waals surface area contributed by atoms with Crippen LogP contribution in [0.25, 0.3) is 0 Å². The summed E-state index contributed by atoms with van der Waals surface area (Å²) in [6.07, 6.45) is 1.14. The van der Waals surface area contributed by atoms with Gasteiger partial charge in [0.05, 0.1) is 10.0 Å². The summed E-state index contributed by atoms with van der Waals surface area (Å²) >= 11 is 12.0. The number of hydrogen-bond donors (Lipinski definition) is 1. The Morgan fingerprint density at radius 3 is 2.42 bits per heavy atom. The molecule has 2 N–H and O–H groups in total. The summed E-state index contributed by atoms with van der Waals surface area (Å²) in [6.45, 7) is 0. The van der Waals surface area contributed by atoms with E-state index in [2.05, 4.69) is 24.3 Å². The lowest BCUT2D eigenvalue weighted by molar-refractivity contribution is 0.616.